The van der Waals surface area contributed by atoms with Crippen molar-refractivity contribution in [2.75, 3.05) is 13.1 Å². The van der Waals surface area contributed by atoms with Gasteiger partial charge in [0.25, 0.3) is 0 Å². The van der Waals surface area contributed by atoms with E-state index in [4.69, 9.17) is 5.11 Å². The maximum absolute atomic E-state index is 13.0. The average molecular weight is 321 g/mol. The summed E-state index contributed by atoms with van der Waals surface area (Å²) in [5, 5.41) is 9.15. The monoisotopic (exact) mass is 321 g/mol. The van der Waals surface area contributed by atoms with Crippen molar-refractivity contribution in [3.05, 3.63) is 35.6 Å². The Morgan fingerprint density at radius 2 is 2.00 bits per heavy atom. The number of likely N-dealkylation sites (tertiary alicyclic amines) is 1. The molecular formula is C18H24FNO3. The predicted molar refractivity (Wildman–Crippen MR) is 86.0 cm³/mol. The van der Waals surface area contributed by atoms with Crippen LogP contribution in [0.2, 0.25) is 0 Å². The largest absolute Gasteiger partial charge is 0.481 e. The number of halogens is 1. The van der Waals surface area contributed by atoms with Gasteiger partial charge in [0.15, 0.2) is 5.78 Å². The van der Waals surface area contributed by atoms with Gasteiger partial charge in [0.1, 0.15) is 5.82 Å². The third-order valence-electron chi connectivity index (χ3n) is 4.60. The number of carboxylic acid groups (broad SMARTS) is 1. The number of rotatable bonds is 7. The Morgan fingerprint density at radius 3 is 2.61 bits per heavy atom. The second kappa shape index (κ2) is 8.20. The molecule has 1 aliphatic rings. The molecule has 1 aromatic rings. The lowest BCUT2D eigenvalue weighted by molar-refractivity contribution is -0.138. The molecule has 0 spiro atoms. The van der Waals surface area contributed by atoms with Crippen LogP contribution >= 0.6 is 0 Å². The van der Waals surface area contributed by atoms with Crippen molar-refractivity contribution in [3.8, 4) is 0 Å². The van der Waals surface area contributed by atoms with Crippen molar-refractivity contribution in [2.45, 2.75) is 45.1 Å². The molecule has 0 aliphatic carbocycles. The van der Waals surface area contributed by atoms with Crippen LogP contribution in [0.5, 0.6) is 0 Å². The molecule has 2 unspecified atom stereocenters. The number of hydrogen-bond donors (Lipinski definition) is 1. The van der Waals surface area contributed by atoms with Gasteiger partial charge in [-0.25, -0.2) is 4.39 Å². The van der Waals surface area contributed by atoms with Crippen LogP contribution in [0.1, 0.15) is 49.4 Å². The zero-order valence-electron chi connectivity index (χ0n) is 13.5. The molecule has 126 valence electrons. The summed E-state index contributed by atoms with van der Waals surface area (Å²) in [5.74, 6) is -2.19. The first kappa shape index (κ1) is 17.6. The fraction of sp³-hybridized carbons (Fsp3) is 0.556. The molecule has 2 rings (SSSR count). The maximum Gasteiger partial charge on any atom is 0.304 e. The van der Waals surface area contributed by atoms with Crippen molar-refractivity contribution in [1.29, 1.82) is 0 Å². The van der Waals surface area contributed by atoms with Crippen LogP contribution in [0, 0.1) is 11.7 Å². The third kappa shape index (κ3) is 4.86. The smallest absolute Gasteiger partial charge is 0.304 e. The van der Waals surface area contributed by atoms with E-state index in [1.165, 1.54) is 30.7 Å². The lowest BCUT2D eigenvalue weighted by Gasteiger charge is -2.37. The van der Waals surface area contributed by atoms with E-state index in [2.05, 4.69) is 11.8 Å². The van der Waals surface area contributed by atoms with Gasteiger partial charge >= 0.3 is 5.97 Å². The molecule has 2 atom stereocenters. The molecule has 1 heterocycles. The van der Waals surface area contributed by atoms with E-state index >= 15 is 0 Å². The predicted octanol–water partition coefficient (Wildman–Crippen LogP) is 3.36. The number of carboxylic acids is 1. The molecule has 1 fully saturated rings. The summed E-state index contributed by atoms with van der Waals surface area (Å²) >= 11 is 0. The lowest BCUT2D eigenvalue weighted by Crippen LogP contribution is -2.43. The highest BCUT2D eigenvalue weighted by molar-refractivity contribution is 5.99. The summed E-state index contributed by atoms with van der Waals surface area (Å²) in [7, 11) is 0. The summed E-state index contributed by atoms with van der Waals surface area (Å²) < 4.78 is 13.0. The van der Waals surface area contributed by atoms with Crippen LogP contribution in [0.25, 0.3) is 0 Å². The summed E-state index contributed by atoms with van der Waals surface area (Å²) in [6.07, 6.45) is 4.18. The Balaban J connectivity index is 2.13. The van der Waals surface area contributed by atoms with Gasteiger partial charge in [0.05, 0.1) is 6.42 Å². The summed E-state index contributed by atoms with van der Waals surface area (Å²) in [6.45, 7) is 3.49. The molecule has 1 aromatic carbocycles. The average Bonchev–Trinajstić information content (AvgIpc) is 2.54. The first-order chi connectivity index (χ1) is 11.0. The molecule has 23 heavy (non-hydrogen) atoms. The van der Waals surface area contributed by atoms with E-state index in [1.54, 1.807) is 0 Å². The fourth-order valence-electron chi connectivity index (χ4n) is 3.35. The number of carbonyl (C=O) groups is 2. The standard InChI is InChI=1S/C18H24FNO3/c1-2-16-5-3-4-10-20(16)12-14(11-17(21)22)18(23)13-6-8-15(19)9-7-13/h6-9,14,16H,2-5,10-12H2,1H3,(H,21,22). The Kier molecular flexibility index (Phi) is 6.28. The van der Waals surface area contributed by atoms with Crippen molar-refractivity contribution in [3.63, 3.8) is 0 Å². The highest BCUT2D eigenvalue weighted by Crippen LogP contribution is 2.23. The van der Waals surface area contributed by atoms with Gasteiger partial charge in [0, 0.05) is 24.1 Å². The molecule has 0 bridgehead atoms. The van der Waals surface area contributed by atoms with Crippen LogP contribution in [-0.2, 0) is 4.79 Å². The highest BCUT2D eigenvalue weighted by Gasteiger charge is 2.29. The van der Waals surface area contributed by atoms with Crippen LogP contribution < -0.4 is 0 Å². The van der Waals surface area contributed by atoms with Gasteiger partial charge < -0.3 is 5.11 Å². The van der Waals surface area contributed by atoms with Gasteiger partial charge in [-0.3, -0.25) is 14.5 Å². The van der Waals surface area contributed by atoms with Gasteiger partial charge in [-0.05, 0) is 50.1 Å². The van der Waals surface area contributed by atoms with Gasteiger partial charge in [-0.2, -0.15) is 0 Å². The number of benzene rings is 1. The van der Waals surface area contributed by atoms with Gasteiger partial charge in [-0.1, -0.05) is 13.3 Å². The Morgan fingerprint density at radius 1 is 1.30 bits per heavy atom. The Labute approximate surface area is 136 Å². The first-order valence-electron chi connectivity index (χ1n) is 8.27. The first-order valence-corrected chi connectivity index (χ1v) is 8.27. The highest BCUT2D eigenvalue weighted by atomic mass is 19.1. The fourth-order valence-corrected chi connectivity index (χ4v) is 3.35. The van der Waals surface area contributed by atoms with Crippen LogP contribution in [0.15, 0.2) is 24.3 Å². The van der Waals surface area contributed by atoms with Crippen molar-refractivity contribution in [1.82, 2.24) is 4.90 Å². The maximum atomic E-state index is 13.0. The summed E-state index contributed by atoms with van der Waals surface area (Å²) in [6, 6.07) is 5.75. The topological polar surface area (TPSA) is 57.6 Å². The summed E-state index contributed by atoms with van der Waals surface area (Å²) in [5.41, 5.74) is 0.378. The quantitative estimate of drug-likeness (QED) is 0.782. The van der Waals surface area contributed by atoms with Crippen molar-refractivity contribution in [2.24, 2.45) is 5.92 Å². The van der Waals surface area contributed by atoms with E-state index in [-0.39, 0.29) is 12.2 Å². The second-order valence-electron chi connectivity index (χ2n) is 6.22. The summed E-state index contributed by atoms with van der Waals surface area (Å²) in [4.78, 5) is 26.1. The number of hydrogen-bond acceptors (Lipinski definition) is 3. The zero-order valence-corrected chi connectivity index (χ0v) is 13.5. The van der Waals surface area contributed by atoms with E-state index in [9.17, 15) is 14.0 Å². The molecule has 0 aromatic heterocycles. The van der Waals surface area contributed by atoms with Crippen LogP contribution in [0.3, 0.4) is 0 Å². The minimum atomic E-state index is -0.976. The van der Waals surface area contributed by atoms with E-state index < -0.39 is 17.7 Å². The number of aliphatic carboxylic acids is 1. The molecule has 4 nitrogen and oxygen atoms in total. The molecule has 1 saturated heterocycles. The number of piperidine rings is 1. The molecule has 0 saturated carbocycles. The SMILES string of the molecule is CCC1CCCCN1CC(CC(=O)O)C(=O)c1ccc(F)cc1. The van der Waals surface area contributed by atoms with Crippen molar-refractivity contribution < 1.29 is 19.1 Å². The van der Waals surface area contributed by atoms with Gasteiger partial charge in [0.2, 0.25) is 0 Å². The molecule has 0 radical (unpaired) electrons. The van der Waals surface area contributed by atoms with E-state index in [1.807, 2.05) is 0 Å². The zero-order chi connectivity index (χ0) is 16.8. The van der Waals surface area contributed by atoms with E-state index in [0.717, 1.165) is 25.8 Å². The van der Waals surface area contributed by atoms with Crippen LogP contribution in [0.4, 0.5) is 4.39 Å². The number of carbonyl (C=O) groups excluding carboxylic acids is 1. The Hall–Kier alpha value is -1.75. The number of ketones is 1. The van der Waals surface area contributed by atoms with Gasteiger partial charge in [-0.15, -0.1) is 0 Å². The second-order valence-corrected chi connectivity index (χ2v) is 6.22. The third-order valence-corrected chi connectivity index (χ3v) is 4.60. The minimum Gasteiger partial charge on any atom is -0.481 e. The van der Waals surface area contributed by atoms with E-state index in [0.29, 0.717) is 18.2 Å². The molecule has 1 aliphatic heterocycles. The van der Waals surface area contributed by atoms with Crippen LogP contribution in [-0.4, -0.2) is 40.9 Å². The van der Waals surface area contributed by atoms with Crippen molar-refractivity contribution >= 4 is 11.8 Å². The normalized spacial score (nSPS) is 20.2. The lowest BCUT2D eigenvalue weighted by atomic mass is 9.91. The number of Topliss-reactive ketones (excluding diaryl/α,β-unsaturated/α-hetero) is 1. The molecular weight excluding hydrogens is 297 g/mol. The minimum absolute atomic E-state index is 0.191. The Bertz CT molecular complexity index is 544. The molecule has 0 amide bonds. The number of nitrogens with zero attached hydrogens (tertiary/aromatic N) is 1. The molecule has 1 N–H and O–H groups in total. The molecule has 5 heteroatoms.